The first-order valence-electron chi connectivity index (χ1n) is 6.83. The van der Waals surface area contributed by atoms with Crippen LogP contribution in [0.5, 0.6) is 0 Å². The van der Waals surface area contributed by atoms with Crippen LogP contribution in [-0.4, -0.2) is 75.5 Å². The van der Waals surface area contributed by atoms with E-state index in [1.54, 1.807) is 25.9 Å². The van der Waals surface area contributed by atoms with Crippen LogP contribution in [0.4, 0.5) is 0 Å². The number of rotatable bonds is 9. The van der Waals surface area contributed by atoms with Gasteiger partial charge in [-0.3, -0.25) is 9.59 Å². The molecule has 1 aliphatic rings. The van der Waals surface area contributed by atoms with E-state index >= 15 is 0 Å². The number of nitrogens with zero attached hydrogens (tertiary/aromatic N) is 1. The molecule has 0 aromatic carbocycles. The second-order valence-electron chi connectivity index (χ2n) is 4.66. The van der Waals surface area contributed by atoms with Crippen molar-refractivity contribution in [2.75, 3.05) is 46.7 Å². The zero-order chi connectivity index (χ0) is 15.0. The minimum atomic E-state index is -0.462. The van der Waals surface area contributed by atoms with Gasteiger partial charge >= 0.3 is 0 Å². The fourth-order valence-electron chi connectivity index (χ4n) is 1.91. The van der Waals surface area contributed by atoms with Crippen LogP contribution in [0.25, 0.3) is 0 Å². The number of nitrogens with one attached hydrogen (secondary N) is 1. The van der Waals surface area contributed by atoms with Crippen molar-refractivity contribution in [3.63, 3.8) is 0 Å². The second-order valence-corrected chi connectivity index (χ2v) is 4.66. The van der Waals surface area contributed by atoms with E-state index in [0.29, 0.717) is 39.6 Å². The molecule has 0 aromatic rings. The summed E-state index contributed by atoms with van der Waals surface area (Å²) >= 11 is 0. The van der Waals surface area contributed by atoms with Crippen LogP contribution in [0, 0.1) is 0 Å². The molecule has 7 nitrogen and oxygen atoms in total. The summed E-state index contributed by atoms with van der Waals surface area (Å²) in [5.74, 6) is -0.197. The molecule has 1 fully saturated rings. The molecule has 0 saturated carbocycles. The Bertz CT molecular complexity index is 324. The molecule has 20 heavy (non-hydrogen) atoms. The standard InChI is InChI=1S/C13H24N2O5/c1-10-13(17)15(11(2)12(16)14-10)4-5-19-8-9-20-7-6-18-3/h10-11H,4-9H2,1-3H3,(H,14,16). The predicted octanol–water partition coefficient (Wildman–Crippen LogP) is -0.599. The minimum absolute atomic E-state index is 0.0722. The highest BCUT2D eigenvalue weighted by molar-refractivity contribution is 5.96. The lowest BCUT2D eigenvalue weighted by atomic mass is 10.1. The number of ether oxygens (including phenoxy) is 3. The van der Waals surface area contributed by atoms with Crippen molar-refractivity contribution in [1.82, 2.24) is 10.2 Å². The number of amides is 2. The van der Waals surface area contributed by atoms with E-state index in [-0.39, 0.29) is 11.8 Å². The molecular weight excluding hydrogens is 264 g/mol. The summed E-state index contributed by atoms with van der Waals surface area (Å²) in [5.41, 5.74) is 0. The van der Waals surface area contributed by atoms with Gasteiger partial charge in [0.2, 0.25) is 11.8 Å². The maximum atomic E-state index is 11.9. The Labute approximate surface area is 119 Å². The van der Waals surface area contributed by atoms with Gasteiger partial charge in [-0.05, 0) is 13.8 Å². The first kappa shape index (κ1) is 16.9. The van der Waals surface area contributed by atoms with Crippen molar-refractivity contribution in [3.05, 3.63) is 0 Å². The predicted molar refractivity (Wildman–Crippen MR) is 72.3 cm³/mol. The normalized spacial score (nSPS) is 23.1. The summed E-state index contributed by atoms with van der Waals surface area (Å²) in [6.07, 6.45) is 0. The Morgan fingerprint density at radius 2 is 1.65 bits per heavy atom. The summed E-state index contributed by atoms with van der Waals surface area (Å²) in [5, 5.41) is 2.64. The SMILES string of the molecule is COCCOCCOCCN1C(=O)C(C)NC(=O)C1C. The monoisotopic (exact) mass is 288 g/mol. The average Bonchev–Trinajstić information content (AvgIpc) is 2.43. The first-order chi connectivity index (χ1) is 9.57. The van der Waals surface area contributed by atoms with Crippen molar-refractivity contribution in [3.8, 4) is 0 Å². The summed E-state index contributed by atoms with van der Waals surface area (Å²) in [6, 6.07) is -0.906. The molecule has 1 saturated heterocycles. The van der Waals surface area contributed by atoms with Gasteiger partial charge < -0.3 is 24.4 Å². The lowest BCUT2D eigenvalue weighted by molar-refractivity contribution is -0.148. The lowest BCUT2D eigenvalue weighted by Crippen LogP contribution is -2.61. The molecule has 2 amide bonds. The van der Waals surface area contributed by atoms with Crippen LogP contribution in [0.15, 0.2) is 0 Å². The number of methoxy groups -OCH3 is 1. The van der Waals surface area contributed by atoms with Crippen molar-refractivity contribution in [1.29, 1.82) is 0 Å². The van der Waals surface area contributed by atoms with Crippen LogP contribution in [0.3, 0.4) is 0 Å². The molecule has 116 valence electrons. The van der Waals surface area contributed by atoms with Crippen LogP contribution in [-0.2, 0) is 23.8 Å². The van der Waals surface area contributed by atoms with Crippen LogP contribution < -0.4 is 5.32 Å². The molecule has 7 heteroatoms. The summed E-state index contributed by atoms with van der Waals surface area (Å²) < 4.78 is 15.5. The van der Waals surface area contributed by atoms with Crippen molar-refractivity contribution in [2.45, 2.75) is 25.9 Å². The molecule has 0 bridgehead atoms. The van der Waals surface area contributed by atoms with E-state index in [1.165, 1.54) is 0 Å². The van der Waals surface area contributed by atoms with Gasteiger partial charge in [-0.15, -0.1) is 0 Å². The zero-order valence-electron chi connectivity index (χ0n) is 12.4. The van der Waals surface area contributed by atoms with E-state index in [1.807, 2.05) is 0 Å². The van der Waals surface area contributed by atoms with E-state index in [9.17, 15) is 9.59 Å². The summed E-state index contributed by atoms with van der Waals surface area (Å²) in [7, 11) is 1.62. The Hall–Kier alpha value is -1.18. The topological polar surface area (TPSA) is 77.1 Å². The highest BCUT2D eigenvalue weighted by Crippen LogP contribution is 2.08. The molecule has 2 unspecified atom stereocenters. The smallest absolute Gasteiger partial charge is 0.245 e. The molecule has 1 rings (SSSR count). The number of piperazine rings is 1. The molecule has 2 atom stereocenters. The first-order valence-corrected chi connectivity index (χ1v) is 6.83. The molecule has 0 aromatic heterocycles. The zero-order valence-corrected chi connectivity index (χ0v) is 12.4. The highest BCUT2D eigenvalue weighted by atomic mass is 16.5. The van der Waals surface area contributed by atoms with Gasteiger partial charge in [0.1, 0.15) is 12.1 Å². The summed E-state index contributed by atoms with van der Waals surface area (Å²) in [6.45, 7) is 6.26. The number of carbonyl (C=O) groups excluding carboxylic acids is 2. The number of hydrogen-bond donors (Lipinski definition) is 1. The van der Waals surface area contributed by atoms with Gasteiger partial charge in [-0.1, -0.05) is 0 Å². The minimum Gasteiger partial charge on any atom is -0.382 e. The van der Waals surface area contributed by atoms with Gasteiger partial charge in [0.25, 0.3) is 0 Å². The maximum absolute atomic E-state index is 11.9. The number of carbonyl (C=O) groups is 2. The summed E-state index contributed by atoms with van der Waals surface area (Å²) in [4.78, 5) is 25.1. The largest absolute Gasteiger partial charge is 0.382 e. The second kappa shape index (κ2) is 8.89. The van der Waals surface area contributed by atoms with E-state index < -0.39 is 12.1 Å². The Morgan fingerprint density at radius 1 is 1.05 bits per heavy atom. The Morgan fingerprint density at radius 3 is 2.30 bits per heavy atom. The van der Waals surface area contributed by atoms with Gasteiger partial charge in [0, 0.05) is 13.7 Å². The third-order valence-corrected chi connectivity index (χ3v) is 3.14. The van der Waals surface area contributed by atoms with Gasteiger partial charge in [0.15, 0.2) is 0 Å². The molecule has 0 aliphatic carbocycles. The average molecular weight is 288 g/mol. The molecule has 0 radical (unpaired) electrons. The van der Waals surface area contributed by atoms with Gasteiger partial charge in [-0.25, -0.2) is 0 Å². The Kier molecular flexibility index (Phi) is 7.50. The fraction of sp³-hybridized carbons (Fsp3) is 0.846. The van der Waals surface area contributed by atoms with E-state index in [0.717, 1.165) is 0 Å². The van der Waals surface area contributed by atoms with Crippen LogP contribution >= 0.6 is 0 Å². The quantitative estimate of drug-likeness (QED) is 0.573. The Balaban J connectivity index is 2.16. The molecule has 0 spiro atoms. The molecular formula is C13H24N2O5. The van der Waals surface area contributed by atoms with Crippen molar-refractivity contribution < 1.29 is 23.8 Å². The number of hydrogen-bond acceptors (Lipinski definition) is 5. The molecule has 1 aliphatic heterocycles. The van der Waals surface area contributed by atoms with Crippen molar-refractivity contribution in [2.24, 2.45) is 0 Å². The van der Waals surface area contributed by atoms with E-state index in [4.69, 9.17) is 14.2 Å². The fourth-order valence-corrected chi connectivity index (χ4v) is 1.91. The van der Waals surface area contributed by atoms with E-state index in [2.05, 4.69) is 5.32 Å². The molecule has 1 heterocycles. The molecule has 1 N–H and O–H groups in total. The third-order valence-electron chi connectivity index (χ3n) is 3.14. The van der Waals surface area contributed by atoms with Gasteiger partial charge in [-0.2, -0.15) is 0 Å². The van der Waals surface area contributed by atoms with Crippen molar-refractivity contribution >= 4 is 11.8 Å². The maximum Gasteiger partial charge on any atom is 0.245 e. The van der Waals surface area contributed by atoms with Crippen LogP contribution in [0.1, 0.15) is 13.8 Å². The van der Waals surface area contributed by atoms with Gasteiger partial charge in [0.05, 0.1) is 33.0 Å². The lowest BCUT2D eigenvalue weighted by Gasteiger charge is -2.36. The third kappa shape index (κ3) is 5.07. The highest BCUT2D eigenvalue weighted by Gasteiger charge is 2.35. The van der Waals surface area contributed by atoms with Crippen LogP contribution in [0.2, 0.25) is 0 Å².